The number of anilines is 3. The molecule has 0 fully saturated rings. The zero-order valence-electron chi connectivity index (χ0n) is 24.1. The number of amides is 1. The number of carbonyl (C=O) groups is 1. The van der Waals surface area contributed by atoms with E-state index in [0.29, 0.717) is 25.5 Å². The van der Waals surface area contributed by atoms with Crippen molar-refractivity contribution in [3.8, 4) is 0 Å². The first kappa shape index (κ1) is 32.4. The van der Waals surface area contributed by atoms with Crippen LogP contribution in [0.3, 0.4) is 0 Å². The van der Waals surface area contributed by atoms with Crippen molar-refractivity contribution in [2.45, 2.75) is 26.9 Å². The quantitative estimate of drug-likeness (QED) is 0.165. The van der Waals surface area contributed by atoms with Crippen LogP contribution in [0.1, 0.15) is 16.7 Å². The third kappa shape index (κ3) is 7.35. The number of nitrogen functional groups attached to an aromatic ring is 2. The second-order valence-electron chi connectivity index (χ2n) is 9.61. The Morgan fingerprint density at radius 2 is 1.17 bits per heavy atom. The molecule has 0 aliphatic rings. The highest BCUT2D eigenvalue weighted by Gasteiger charge is 2.39. The molecule has 20 heteroatoms. The van der Waals surface area contributed by atoms with E-state index < -0.39 is 18.0 Å². The second kappa shape index (κ2) is 12.6. The number of carbonyl (C=O) groups excluding carboxylic acids is 1. The number of aromatic nitrogens is 9. The number of rotatable bonds is 1. The van der Waals surface area contributed by atoms with Gasteiger partial charge in [0.15, 0.2) is 5.52 Å². The maximum absolute atomic E-state index is 12.0. The average molecular weight is 641 g/mol. The van der Waals surface area contributed by atoms with Gasteiger partial charge in [0.05, 0.1) is 10.2 Å². The number of fused-ring (bicyclic) bond motifs is 3. The molecule has 0 bridgehead atoms. The van der Waals surface area contributed by atoms with Crippen LogP contribution in [0.2, 0.25) is 0 Å². The molecule has 0 atom stereocenters. The van der Waals surface area contributed by atoms with Crippen molar-refractivity contribution in [1.82, 2.24) is 25.3 Å². The van der Waals surface area contributed by atoms with Gasteiger partial charge >= 0.3 is 18.0 Å². The maximum atomic E-state index is 12.0. The predicted molar refractivity (Wildman–Crippen MR) is 154 cm³/mol. The lowest BCUT2D eigenvalue weighted by Crippen LogP contribution is -2.44. The first-order valence-electron chi connectivity index (χ1n) is 12.8. The molecule has 3 aromatic heterocycles. The molecule has 46 heavy (non-hydrogen) atoms. The standard InChI is InChI=1S/C10H7F3N4O2.C8H8N4O2.C8H8N4O/c1-5-2-3-6-7(4-5)17(19)16-9(14-6)15-8(18)10(11,12)13;1-5-2-3-6-7(4-5)12(14)10-8(9)11(6)13;1-5-2-3-6-7(4-5)12(13)11-8(9)10-6/h2-4H,1H3,(H,14,15,16,18);2-4H,1H3,(H2,9,10);2-4H,1H3,(H2,9,10,11). The monoisotopic (exact) mass is 640 g/mol. The molecule has 0 aliphatic heterocycles. The van der Waals surface area contributed by atoms with Crippen LogP contribution < -0.4 is 36.0 Å². The Balaban J connectivity index is 0.000000160. The van der Waals surface area contributed by atoms with E-state index in [1.807, 2.05) is 19.9 Å². The summed E-state index contributed by atoms with van der Waals surface area (Å²) in [6.07, 6.45) is -5.07. The van der Waals surface area contributed by atoms with Crippen LogP contribution in [0.5, 0.6) is 0 Å². The normalized spacial score (nSPS) is 11.0. The van der Waals surface area contributed by atoms with Gasteiger partial charge in [0, 0.05) is 23.0 Å². The summed E-state index contributed by atoms with van der Waals surface area (Å²) in [6.45, 7) is 5.46. The van der Waals surface area contributed by atoms with Crippen LogP contribution in [0, 0.1) is 41.6 Å². The van der Waals surface area contributed by atoms with E-state index in [0.717, 1.165) is 16.7 Å². The minimum Gasteiger partial charge on any atom is -0.739 e. The van der Waals surface area contributed by atoms with Gasteiger partial charge in [0.1, 0.15) is 11.0 Å². The van der Waals surface area contributed by atoms with Gasteiger partial charge in [0.25, 0.3) is 28.4 Å². The largest absolute Gasteiger partial charge is 0.739 e. The van der Waals surface area contributed by atoms with E-state index >= 15 is 0 Å². The lowest BCUT2D eigenvalue weighted by molar-refractivity contribution is -0.672. The van der Waals surface area contributed by atoms with E-state index in [2.05, 4.69) is 25.3 Å². The van der Waals surface area contributed by atoms with E-state index in [9.17, 15) is 38.8 Å². The summed E-state index contributed by atoms with van der Waals surface area (Å²) in [6, 6.07) is 14.8. The van der Waals surface area contributed by atoms with Crippen LogP contribution in [-0.4, -0.2) is 37.3 Å². The van der Waals surface area contributed by atoms with Crippen LogP contribution in [0.25, 0.3) is 33.1 Å². The van der Waals surface area contributed by atoms with Gasteiger partial charge in [-0.15, -0.1) is 0 Å². The fourth-order valence-corrected chi connectivity index (χ4v) is 3.83. The molecule has 0 saturated heterocycles. The number of halogens is 3. The molecule has 6 aromatic rings. The highest BCUT2D eigenvalue weighted by atomic mass is 19.4. The minimum atomic E-state index is -5.07. The molecule has 0 radical (unpaired) electrons. The average Bonchev–Trinajstić information content (AvgIpc) is 2.97. The van der Waals surface area contributed by atoms with Gasteiger partial charge in [-0.25, -0.2) is 14.7 Å². The molecule has 3 heterocycles. The Hall–Kier alpha value is -6.47. The number of hydrogen-bond donors (Lipinski definition) is 3. The molecular weight excluding hydrogens is 617 g/mol. The molecule has 0 spiro atoms. The maximum Gasteiger partial charge on any atom is 0.471 e. The number of aryl methyl sites for hydroxylation is 3. The minimum absolute atomic E-state index is 0.00801. The molecule has 5 N–H and O–H groups in total. The molecule has 0 saturated carbocycles. The van der Waals surface area contributed by atoms with E-state index in [-0.39, 0.29) is 38.8 Å². The van der Waals surface area contributed by atoms with Crippen molar-refractivity contribution in [3.63, 3.8) is 0 Å². The second-order valence-corrected chi connectivity index (χ2v) is 9.61. The number of nitrogens with two attached hydrogens (primary N) is 2. The molecule has 1 amide bonds. The summed E-state index contributed by atoms with van der Waals surface area (Å²) in [5.41, 5.74) is 14.9. The van der Waals surface area contributed by atoms with Gasteiger partial charge in [-0.05, 0) is 65.4 Å². The number of nitrogens with zero attached hydrogens (tertiary/aromatic N) is 9. The highest BCUT2D eigenvalue weighted by molar-refractivity contribution is 5.93. The summed E-state index contributed by atoms with van der Waals surface area (Å²) in [7, 11) is 0. The Labute approximate surface area is 255 Å². The van der Waals surface area contributed by atoms with E-state index in [1.165, 1.54) is 17.4 Å². The Morgan fingerprint density at radius 1 is 0.696 bits per heavy atom. The first-order chi connectivity index (χ1) is 21.5. The summed E-state index contributed by atoms with van der Waals surface area (Å²) < 4.78 is 36.6. The Bertz CT molecular complexity index is 2110. The molecule has 3 aromatic carbocycles. The molecule has 6 rings (SSSR count). The lowest BCUT2D eigenvalue weighted by atomic mass is 10.2. The number of hydrogen-bond acceptors (Lipinski definition) is 12. The fraction of sp³-hybridized carbons (Fsp3) is 0.154. The van der Waals surface area contributed by atoms with Crippen molar-refractivity contribution in [3.05, 3.63) is 92.1 Å². The van der Waals surface area contributed by atoms with Gasteiger partial charge in [-0.1, -0.05) is 18.2 Å². The van der Waals surface area contributed by atoms with Crippen molar-refractivity contribution in [1.29, 1.82) is 0 Å². The summed E-state index contributed by atoms with van der Waals surface area (Å²) >= 11 is 0. The smallest absolute Gasteiger partial charge is 0.471 e. The predicted octanol–water partition coefficient (Wildman–Crippen LogP) is 0.618. The molecule has 0 unspecified atom stereocenters. The number of benzene rings is 3. The summed E-state index contributed by atoms with van der Waals surface area (Å²) in [5.74, 6) is -3.30. The van der Waals surface area contributed by atoms with E-state index in [4.69, 9.17) is 11.5 Å². The summed E-state index contributed by atoms with van der Waals surface area (Å²) in [4.78, 5) is 19.3. The van der Waals surface area contributed by atoms with Crippen LogP contribution >= 0.6 is 0 Å². The number of alkyl halides is 3. The van der Waals surface area contributed by atoms with Crippen molar-refractivity contribution in [2.24, 2.45) is 0 Å². The molecule has 238 valence electrons. The highest BCUT2D eigenvalue weighted by Crippen LogP contribution is 2.17. The SMILES string of the molecule is Cc1ccc2c(c1)[n+]([O-])nc(N)[n+]2[O-].Cc1ccc2nc(N)n[n+]([O-])c2c1.Cc1ccc2nc(NC(=O)C(F)(F)F)n[n+]([O-])c2c1. The summed E-state index contributed by atoms with van der Waals surface area (Å²) in [5, 5.41) is 56.8. The molecule has 17 nitrogen and oxygen atoms in total. The van der Waals surface area contributed by atoms with E-state index in [1.54, 1.807) is 43.3 Å². The van der Waals surface area contributed by atoms with Gasteiger partial charge < -0.3 is 26.6 Å². The van der Waals surface area contributed by atoms with Crippen molar-refractivity contribution >= 4 is 56.9 Å². The molecular formula is C26H23F3N12O5. The van der Waals surface area contributed by atoms with Crippen LogP contribution in [-0.2, 0) is 4.79 Å². The van der Waals surface area contributed by atoms with Crippen LogP contribution in [0.15, 0.2) is 54.6 Å². The van der Waals surface area contributed by atoms with Gasteiger partial charge in [-0.3, -0.25) is 15.8 Å². The van der Waals surface area contributed by atoms with Crippen molar-refractivity contribution in [2.75, 3.05) is 16.8 Å². The Kier molecular flexibility index (Phi) is 8.91. The van der Waals surface area contributed by atoms with Crippen molar-refractivity contribution < 1.29 is 37.2 Å². The topological polar surface area (TPSA) is 253 Å². The fourth-order valence-electron chi connectivity index (χ4n) is 3.83. The van der Waals surface area contributed by atoms with Gasteiger partial charge in [-0.2, -0.15) is 13.2 Å². The van der Waals surface area contributed by atoms with Gasteiger partial charge in [0.2, 0.25) is 5.10 Å². The zero-order valence-corrected chi connectivity index (χ0v) is 24.1. The lowest BCUT2D eigenvalue weighted by Gasteiger charge is -2.06. The third-order valence-corrected chi connectivity index (χ3v) is 5.95. The zero-order chi connectivity index (χ0) is 33.9. The number of nitrogens with one attached hydrogen (secondary N) is 1. The third-order valence-electron chi connectivity index (χ3n) is 5.95. The first-order valence-corrected chi connectivity index (χ1v) is 12.8. The van der Waals surface area contributed by atoms with Crippen LogP contribution in [0.4, 0.5) is 31.0 Å². The Morgan fingerprint density at radius 3 is 1.74 bits per heavy atom. The molecule has 0 aliphatic carbocycles.